The summed E-state index contributed by atoms with van der Waals surface area (Å²) in [5, 5.41) is 17.5. The maximum atomic E-state index is 12.7. The molecule has 0 saturated carbocycles. The predicted octanol–water partition coefficient (Wildman–Crippen LogP) is -0.480. The number of rotatable bonds is 14. The summed E-state index contributed by atoms with van der Waals surface area (Å²) in [4.78, 5) is 63.4. The number of fused-ring (bicyclic) bond motifs is 1. The van der Waals surface area contributed by atoms with Crippen LogP contribution in [0.25, 0.3) is 10.9 Å². The summed E-state index contributed by atoms with van der Waals surface area (Å²) in [6.07, 6.45) is 2.21. The van der Waals surface area contributed by atoms with E-state index in [4.69, 9.17) is 11.5 Å². The van der Waals surface area contributed by atoms with Crippen LogP contribution in [0.2, 0.25) is 0 Å². The normalized spacial score (nSPS) is 14.3. The number of aromatic amines is 1. The van der Waals surface area contributed by atoms with Gasteiger partial charge < -0.3 is 37.5 Å². The molecular weight excluding hydrogens is 468 g/mol. The van der Waals surface area contributed by atoms with Crippen LogP contribution in [-0.2, 0) is 30.4 Å². The molecule has 0 saturated heterocycles. The molecule has 36 heavy (non-hydrogen) atoms. The van der Waals surface area contributed by atoms with Crippen molar-refractivity contribution in [2.24, 2.45) is 17.4 Å². The number of aromatic nitrogens is 1. The van der Waals surface area contributed by atoms with Crippen molar-refractivity contribution >= 4 is 40.5 Å². The molecule has 0 bridgehead atoms. The van der Waals surface area contributed by atoms with Gasteiger partial charge in [-0.15, -0.1) is 0 Å². The van der Waals surface area contributed by atoms with E-state index in [1.165, 1.54) is 0 Å². The third-order valence-electron chi connectivity index (χ3n) is 5.98. The first-order valence-corrected chi connectivity index (χ1v) is 11.7. The van der Waals surface area contributed by atoms with Crippen LogP contribution < -0.4 is 27.4 Å². The Morgan fingerprint density at radius 2 is 1.78 bits per heavy atom. The van der Waals surface area contributed by atoms with Gasteiger partial charge >= 0.3 is 5.97 Å². The fraction of sp³-hybridized carbons (Fsp3) is 0.458. The molecule has 9 N–H and O–H groups in total. The van der Waals surface area contributed by atoms with Gasteiger partial charge in [-0.1, -0.05) is 38.5 Å². The van der Waals surface area contributed by atoms with Gasteiger partial charge in [0.15, 0.2) is 0 Å². The number of hydrogen-bond acceptors (Lipinski definition) is 6. The number of amides is 4. The number of nitrogens with two attached hydrogens (primary N) is 2. The first-order valence-electron chi connectivity index (χ1n) is 11.7. The summed E-state index contributed by atoms with van der Waals surface area (Å²) in [6, 6.07) is 4.28. The average Bonchev–Trinajstić information content (AvgIpc) is 3.25. The summed E-state index contributed by atoms with van der Waals surface area (Å²) in [6.45, 7) is 2.97. The number of H-pyrrole nitrogens is 1. The highest BCUT2D eigenvalue weighted by Gasteiger charge is 2.27. The van der Waals surface area contributed by atoms with Gasteiger partial charge in [-0.2, -0.15) is 0 Å². The smallest absolute Gasteiger partial charge is 0.326 e. The van der Waals surface area contributed by atoms with Crippen LogP contribution in [0.4, 0.5) is 0 Å². The zero-order valence-corrected chi connectivity index (χ0v) is 20.4. The van der Waals surface area contributed by atoms with E-state index in [2.05, 4.69) is 20.9 Å². The van der Waals surface area contributed by atoms with Crippen molar-refractivity contribution in [3.63, 3.8) is 0 Å². The summed E-state index contributed by atoms with van der Waals surface area (Å²) < 4.78 is 0. The van der Waals surface area contributed by atoms with E-state index >= 15 is 0 Å². The number of carbonyl (C=O) groups excluding carboxylic acids is 4. The minimum atomic E-state index is -1.18. The van der Waals surface area contributed by atoms with Crippen LogP contribution in [0.1, 0.15) is 38.7 Å². The predicted molar refractivity (Wildman–Crippen MR) is 132 cm³/mol. The second-order valence-electron chi connectivity index (χ2n) is 8.72. The maximum absolute atomic E-state index is 12.7. The lowest BCUT2D eigenvalue weighted by molar-refractivity contribution is -0.143. The lowest BCUT2D eigenvalue weighted by Crippen LogP contribution is -2.54. The van der Waals surface area contributed by atoms with Crippen LogP contribution >= 0.6 is 0 Å². The van der Waals surface area contributed by atoms with Gasteiger partial charge in [0.1, 0.15) is 12.1 Å². The van der Waals surface area contributed by atoms with Crippen LogP contribution in [0, 0.1) is 5.92 Å². The summed E-state index contributed by atoms with van der Waals surface area (Å²) in [5.41, 5.74) is 13.0. The monoisotopic (exact) mass is 502 g/mol. The highest BCUT2D eigenvalue weighted by atomic mass is 16.4. The molecule has 2 aromatic rings. The highest BCUT2D eigenvalue weighted by Crippen LogP contribution is 2.18. The number of carboxylic acid groups (broad SMARTS) is 1. The molecule has 4 unspecified atom stereocenters. The molecule has 12 heteroatoms. The first-order chi connectivity index (χ1) is 17.0. The second kappa shape index (κ2) is 13.2. The molecule has 0 radical (unpaired) electrons. The lowest BCUT2D eigenvalue weighted by atomic mass is 9.99. The largest absolute Gasteiger partial charge is 0.480 e. The standard InChI is InChI=1S/C24H34N6O6/c1-3-13(2)21(24(35)36)30-20(32)12-28-23(34)18(8-9-19(26)31)29-22(33)16(25)10-14-11-27-17-7-5-4-6-15(14)17/h4-7,11,13,16,18,21,27H,3,8-10,12,25H2,1-2H3,(H2,26,31)(H,28,34)(H,29,33)(H,30,32)(H,35,36). The molecule has 4 amide bonds. The van der Waals surface area contributed by atoms with E-state index in [-0.39, 0.29) is 25.2 Å². The van der Waals surface area contributed by atoms with Crippen molar-refractivity contribution in [3.8, 4) is 0 Å². The second-order valence-corrected chi connectivity index (χ2v) is 8.72. The number of benzene rings is 1. The van der Waals surface area contributed by atoms with Gasteiger partial charge in [-0.3, -0.25) is 19.2 Å². The molecule has 0 aliphatic carbocycles. The number of carboxylic acids is 1. The van der Waals surface area contributed by atoms with Crippen LogP contribution in [0.5, 0.6) is 0 Å². The Hall–Kier alpha value is -3.93. The van der Waals surface area contributed by atoms with Gasteiger partial charge in [0.05, 0.1) is 12.6 Å². The molecule has 1 aromatic carbocycles. The van der Waals surface area contributed by atoms with Crippen LogP contribution in [0.15, 0.2) is 30.5 Å². The van der Waals surface area contributed by atoms with Gasteiger partial charge in [-0.05, 0) is 30.4 Å². The summed E-state index contributed by atoms with van der Waals surface area (Å²) in [5.74, 6) is -4.21. The first kappa shape index (κ1) is 28.3. The molecule has 12 nitrogen and oxygen atoms in total. The third-order valence-corrected chi connectivity index (χ3v) is 5.98. The quantitative estimate of drug-likeness (QED) is 0.180. The van der Waals surface area contributed by atoms with Gasteiger partial charge in [0.2, 0.25) is 23.6 Å². The van der Waals surface area contributed by atoms with E-state index in [1.54, 1.807) is 20.0 Å². The third kappa shape index (κ3) is 8.08. The molecule has 196 valence electrons. The summed E-state index contributed by atoms with van der Waals surface area (Å²) >= 11 is 0. The Labute approximate surface area is 208 Å². The van der Waals surface area contributed by atoms with Crippen molar-refractivity contribution in [1.29, 1.82) is 0 Å². The zero-order valence-electron chi connectivity index (χ0n) is 20.4. The van der Waals surface area contributed by atoms with Crippen molar-refractivity contribution in [1.82, 2.24) is 20.9 Å². The maximum Gasteiger partial charge on any atom is 0.326 e. The molecule has 4 atom stereocenters. The number of hydrogen-bond donors (Lipinski definition) is 7. The highest BCUT2D eigenvalue weighted by molar-refractivity contribution is 5.93. The molecule has 0 aliphatic heterocycles. The minimum absolute atomic E-state index is 0.0983. The fourth-order valence-electron chi connectivity index (χ4n) is 3.66. The minimum Gasteiger partial charge on any atom is -0.480 e. The number of aliphatic carboxylic acids is 1. The topological polar surface area (TPSA) is 209 Å². The van der Waals surface area contributed by atoms with E-state index in [9.17, 15) is 29.1 Å². The Bertz CT molecular complexity index is 1100. The Balaban J connectivity index is 1.99. The van der Waals surface area contributed by atoms with Crippen molar-refractivity contribution in [2.75, 3.05) is 6.54 Å². The van der Waals surface area contributed by atoms with E-state index in [0.717, 1.165) is 16.5 Å². The molecule has 2 rings (SSSR count). The summed E-state index contributed by atoms with van der Waals surface area (Å²) in [7, 11) is 0. The van der Waals surface area contributed by atoms with Crippen molar-refractivity contribution in [2.45, 2.75) is 57.7 Å². The average molecular weight is 503 g/mol. The number of nitrogens with one attached hydrogen (secondary N) is 4. The fourth-order valence-corrected chi connectivity index (χ4v) is 3.66. The van der Waals surface area contributed by atoms with Crippen LogP contribution in [0.3, 0.4) is 0 Å². The molecule has 1 heterocycles. The Kier molecular flexibility index (Phi) is 10.4. The Morgan fingerprint density at radius 3 is 2.42 bits per heavy atom. The molecule has 0 fully saturated rings. The van der Waals surface area contributed by atoms with E-state index < -0.39 is 54.3 Å². The zero-order chi connectivity index (χ0) is 26.8. The SMILES string of the molecule is CCC(C)C(NC(=O)CNC(=O)C(CCC(N)=O)NC(=O)C(N)Cc1c[nH]c2ccccc12)C(=O)O. The molecule has 1 aromatic heterocycles. The molecule has 0 aliphatic rings. The number of para-hydroxylation sites is 1. The van der Waals surface area contributed by atoms with Crippen molar-refractivity contribution in [3.05, 3.63) is 36.0 Å². The van der Waals surface area contributed by atoms with Crippen molar-refractivity contribution < 1.29 is 29.1 Å². The number of primary amides is 1. The molecule has 0 spiro atoms. The number of carbonyl (C=O) groups is 5. The molecular formula is C24H34N6O6. The van der Waals surface area contributed by atoms with Gasteiger partial charge in [-0.25, -0.2) is 4.79 Å². The van der Waals surface area contributed by atoms with Crippen LogP contribution in [-0.4, -0.2) is 64.4 Å². The van der Waals surface area contributed by atoms with E-state index in [1.807, 2.05) is 24.3 Å². The lowest BCUT2D eigenvalue weighted by Gasteiger charge is -2.22. The van der Waals surface area contributed by atoms with Gasteiger partial charge in [0.25, 0.3) is 0 Å². The van der Waals surface area contributed by atoms with Gasteiger partial charge in [0, 0.05) is 23.5 Å². The van der Waals surface area contributed by atoms with E-state index in [0.29, 0.717) is 6.42 Å². The Morgan fingerprint density at radius 1 is 1.08 bits per heavy atom.